The molecule has 0 aromatic heterocycles. The summed E-state index contributed by atoms with van der Waals surface area (Å²) in [6.45, 7) is 5.53. The Kier molecular flexibility index (Phi) is 3.44. The number of nitriles is 1. The first-order chi connectivity index (χ1) is 6.69. The molecule has 2 atom stereocenters. The molecule has 2 heteroatoms. The van der Waals surface area contributed by atoms with E-state index in [1.165, 1.54) is 0 Å². The van der Waals surface area contributed by atoms with Crippen molar-refractivity contribution in [1.29, 1.82) is 5.26 Å². The molecule has 0 spiro atoms. The van der Waals surface area contributed by atoms with Crippen molar-refractivity contribution in [1.82, 2.24) is 0 Å². The first kappa shape index (κ1) is 10.5. The van der Waals surface area contributed by atoms with Gasteiger partial charge in [0.25, 0.3) is 0 Å². The van der Waals surface area contributed by atoms with Gasteiger partial charge in [-0.05, 0) is 17.7 Å². The van der Waals surface area contributed by atoms with Crippen LogP contribution < -0.4 is 0 Å². The summed E-state index contributed by atoms with van der Waals surface area (Å²) in [5.74, 6) is 0.0166. The Balaban J connectivity index is 2.87. The van der Waals surface area contributed by atoms with E-state index in [9.17, 15) is 5.11 Å². The van der Waals surface area contributed by atoms with E-state index in [4.69, 9.17) is 5.26 Å². The Morgan fingerprint density at radius 3 is 2.43 bits per heavy atom. The molecule has 0 heterocycles. The summed E-state index contributed by atoms with van der Waals surface area (Å²) in [5.41, 5.74) is 1.42. The van der Waals surface area contributed by atoms with Gasteiger partial charge in [-0.3, -0.25) is 0 Å². The first-order valence-corrected chi connectivity index (χ1v) is 4.49. The van der Waals surface area contributed by atoms with Crippen LogP contribution in [0.1, 0.15) is 24.2 Å². The Morgan fingerprint density at radius 2 is 2.00 bits per heavy atom. The summed E-state index contributed by atoms with van der Waals surface area (Å²) < 4.78 is 0. The molecule has 0 fully saturated rings. The second-order valence-electron chi connectivity index (χ2n) is 3.27. The highest BCUT2D eigenvalue weighted by Crippen LogP contribution is 2.22. The zero-order valence-corrected chi connectivity index (χ0v) is 8.14. The predicted octanol–water partition coefficient (Wildman–Crippen LogP) is 2.41. The molecule has 0 unspecified atom stereocenters. The molecular weight excluding hydrogens is 174 g/mol. The minimum Gasteiger partial charge on any atom is -0.388 e. The standard InChI is InChI=1S/C12H13NO/c1-3-9(2)12(14)11-6-4-10(8-13)5-7-11/h3-7,9,12,14H,1H2,2H3/t9-,12-/m1/s1. The lowest BCUT2D eigenvalue weighted by Crippen LogP contribution is -2.06. The van der Waals surface area contributed by atoms with Crippen LogP contribution in [-0.4, -0.2) is 5.11 Å². The molecule has 0 bridgehead atoms. The molecule has 0 aliphatic carbocycles. The highest BCUT2D eigenvalue weighted by Gasteiger charge is 2.12. The molecule has 72 valence electrons. The number of aliphatic hydroxyl groups is 1. The minimum absolute atomic E-state index is 0.0166. The van der Waals surface area contributed by atoms with Crippen LogP contribution in [0.4, 0.5) is 0 Å². The minimum atomic E-state index is -0.541. The maximum Gasteiger partial charge on any atom is 0.0991 e. The number of hydrogen-bond donors (Lipinski definition) is 1. The van der Waals surface area contributed by atoms with Crippen LogP contribution in [0.5, 0.6) is 0 Å². The Labute approximate surface area is 84.1 Å². The fourth-order valence-electron chi connectivity index (χ4n) is 1.19. The molecule has 0 amide bonds. The SMILES string of the molecule is C=C[C@@H](C)[C@@H](O)c1ccc(C#N)cc1. The van der Waals surface area contributed by atoms with Gasteiger partial charge in [0.1, 0.15) is 0 Å². The largest absolute Gasteiger partial charge is 0.388 e. The molecule has 0 aliphatic rings. The van der Waals surface area contributed by atoms with Crippen LogP contribution in [0.25, 0.3) is 0 Å². The van der Waals surface area contributed by atoms with Gasteiger partial charge >= 0.3 is 0 Å². The van der Waals surface area contributed by atoms with Crippen molar-refractivity contribution in [2.75, 3.05) is 0 Å². The average molecular weight is 187 g/mol. The van der Waals surface area contributed by atoms with Gasteiger partial charge in [-0.2, -0.15) is 5.26 Å². The second kappa shape index (κ2) is 4.59. The van der Waals surface area contributed by atoms with Gasteiger partial charge < -0.3 is 5.11 Å². The lowest BCUT2D eigenvalue weighted by molar-refractivity contribution is 0.140. The quantitative estimate of drug-likeness (QED) is 0.738. The fraction of sp³-hybridized carbons (Fsp3) is 0.250. The van der Waals surface area contributed by atoms with E-state index in [1.54, 1.807) is 30.3 Å². The smallest absolute Gasteiger partial charge is 0.0991 e. The molecule has 0 aliphatic heterocycles. The molecule has 2 nitrogen and oxygen atoms in total. The predicted molar refractivity (Wildman–Crippen MR) is 55.5 cm³/mol. The second-order valence-corrected chi connectivity index (χ2v) is 3.27. The molecule has 0 saturated heterocycles. The van der Waals surface area contributed by atoms with Gasteiger partial charge in [-0.25, -0.2) is 0 Å². The summed E-state index contributed by atoms with van der Waals surface area (Å²) in [6, 6.07) is 8.97. The normalized spacial score (nSPS) is 14.1. The van der Waals surface area contributed by atoms with E-state index in [0.29, 0.717) is 5.56 Å². The van der Waals surface area contributed by atoms with Crippen molar-refractivity contribution < 1.29 is 5.11 Å². The third kappa shape index (κ3) is 2.21. The third-order valence-electron chi connectivity index (χ3n) is 2.25. The van der Waals surface area contributed by atoms with E-state index < -0.39 is 6.10 Å². The topological polar surface area (TPSA) is 44.0 Å². The van der Waals surface area contributed by atoms with Gasteiger partial charge in [0.15, 0.2) is 0 Å². The molecule has 1 aromatic rings. The molecular formula is C12H13NO. The van der Waals surface area contributed by atoms with Gasteiger partial charge in [-0.15, -0.1) is 6.58 Å². The third-order valence-corrected chi connectivity index (χ3v) is 2.25. The van der Waals surface area contributed by atoms with Crippen LogP contribution >= 0.6 is 0 Å². The zero-order chi connectivity index (χ0) is 10.6. The number of nitrogens with zero attached hydrogens (tertiary/aromatic N) is 1. The Hall–Kier alpha value is -1.59. The molecule has 1 aromatic carbocycles. The number of aliphatic hydroxyl groups excluding tert-OH is 1. The molecule has 14 heavy (non-hydrogen) atoms. The van der Waals surface area contributed by atoms with Crippen LogP contribution in [0, 0.1) is 17.2 Å². The van der Waals surface area contributed by atoms with Crippen molar-refractivity contribution in [3.63, 3.8) is 0 Å². The molecule has 1 rings (SSSR count). The zero-order valence-electron chi connectivity index (χ0n) is 8.14. The number of rotatable bonds is 3. The summed E-state index contributed by atoms with van der Waals surface area (Å²) in [7, 11) is 0. The Morgan fingerprint density at radius 1 is 1.43 bits per heavy atom. The van der Waals surface area contributed by atoms with Crippen molar-refractivity contribution >= 4 is 0 Å². The monoisotopic (exact) mass is 187 g/mol. The fourth-order valence-corrected chi connectivity index (χ4v) is 1.19. The van der Waals surface area contributed by atoms with E-state index in [-0.39, 0.29) is 5.92 Å². The van der Waals surface area contributed by atoms with Gasteiger partial charge in [0.2, 0.25) is 0 Å². The Bertz CT molecular complexity index is 348. The van der Waals surface area contributed by atoms with E-state index in [2.05, 4.69) is 6.58 Å². The summed E-state index contributed by atoms with van der Waals surface area (Å²) in [6.07, 6.45) is 1.17. The van der Waals surface area contributed by atoms with Crippen molar-refractivity contribution in [2.45, 2.75) is 13.0 Å². The van der Waals surface area contributed by atoms with Gasteiger partial charge in [0.05, 0.1) is 17.7 Å². The highest BCUT2D eigenvalue weighted by atomic mass is 16.3. The van der Waals surface area contributed by atoms with Crippen LogP contribution in [0.15, 0.2) is 36.9 Å². The maximum atomic E-state index is 9.80. The van der Waals surface area contributed by atoms with Crippen molar-refractivity contribution in [2.24, 2.45) is 5.92 Å². The van der Waals surface area contributed by atoms with Gasteiger partial charge in [-0.1, -0.05) is 25.1 Å². The van der Waals surface area contributed by atoms with E-state index in [0.717, 1.165) is 5.56 Å². The van der Waals surface area contributed by atoms with E-state index >= 15 is 0 Å². The first-order valence-electron chi connectivity index (χ1n) is 4.49. The lowest BCUT2D eigenvalue weighted by Gasteiger charge is -2.15. The van der Waals surface area contributed by atoms with Gasteiger partial charge in [0, 0.05) is 5.92 Å². The summed E-state index contributed by atoms with van der Waals surface area (Å²) >= 11 is 0. The van der Waals surface area contributed by atoms with E-state index in [1.807, 2.05) is 13.0 Å². The molecule has 0 radical (unpaired) electrons. The molecule has 0 saturated carbocycles. The van der Waals surface area contributed by atoms with Crippen LogP contribution in [0.3, 0.4) is 0 Å². The average Bonchev–Trinajstić information content (AvgIpc) is 2.27. The molecule has 1 N–H and O–H groups in total. The highest BCUT2D eigenvalue weighted by molar-refractivity contribution is 5.32. The van der Waals surface area contributed by atoms with Crippen LogP contribution in [0.2, 0.25) is 0 Å². The lowest BCUT2D eigenvalue weighted by atomic mass is 9.97. The maximum absolute atomic E-state index is 9.80. The summed E-state index contributed by atoms with van der Waals surface area (Å²) in [5, 5.41) is 18.4. The number of benzene rings is 1. The summed E-state index contributed by atoms with van der Waals surface area (Å²) in [4.78, 5) is 0. The van der Waals surface area contributed by atoms with Crippen molar-refractivity contribution in [3.05, 3.63) is 48.0 Å². The van der Waals surface area contributed by atoms with Crippen LogP contribution in [-0.2, 0) is 0 Å². The van der Waals surface area contributed by atoms with Crippen molar-refractivity contribution in [3.8, 4) is 6.07 Å². The number of hydrogen-bond acceptors (Lipinski definition) is 2.